The number of fused-ring (bicyclic) bond motifs is 1. The number of aromatic nitrogens is 3. The zero-order chi connectivity index (χ0) is 15.8. The van der Waals surface area contributed by atoms with E-state index >= 15 is 0 Å². The summed E-state index contributed by atoms with van der Waals surface area (Å²) < 4.78 is 1.80. The molecule has 0 radical (unpaired) electrons. The molecule has 1 aliphatic rings. The Morgan fingerprint density at radius 3 is 2.65 bits per heavy atom. The minimum Gasteiger partial charge on any atom is -0.507 e. The molecule has 0 fully saturated rings. The highest BCUT2D eigenvalue weighted by molar-refractivity contribution is 6.30. The van der Waals surface area contributed by atoms with Crippen LogP contribution in [0, 0.1) is 0 Å². The predicted molar refractivity (Wildman–Crippen MR) is 88.5 cm³/mol. The van der Waals surface area contributed by atoms with Gasteiger partial charge < -0.3 is 5.11 Å². The van der Waals surface area contributed by atoms with Crippen LogP contribution in [0.4, 0.5) is 5.95 Å². The number of para-hydroxylation sites is 1. The first-order chi connectivity index (χ1) is 11.2. The van der Waals surface area contributed by atoms with Gasteiger partial charge in [0.1, 0.15) is 12.1 Å². The van der Waals surface area contributed by atoms with E-state index in [2.05, 4.69) is 15.1 Å². The summed E-state index contributed by atoms with van der Waals surface area (Å²) in [5.41, 5.74) is 2.59. The number of phenols is 1. The number of hydrogen-bond donors (Lipinski definition) is 1. The summed E-state index contributed by atoms with van der Waals surface area (Å²) in [5, 5.41) is 15.1. The SMILES string of the molecule is Oc1ccccc1C1=Nc2ncnn2[C@H](c2ccc(Cl)cc2)C1. The van der Waals surface area contributed by atoms with E-state index in [4.69, 9.17) is 11.6 Å². The maximum absolute atomic E-state index is 10.1. The van der Waals surface area contributed by atoms with Gasteiger partial charge in [-0.05, 0) is 29.8 Å². The average molecular weight is 325 g/mol. The summed E-state index contributed by atoms with van der Waals surface area (Å²) in [6.07, 6.45) is 2.12. The van der Waals surface area contributed by atoms with Crippen LogP contribution in [0.25, 0.3) is 0 Å². The van der Waals surface area contributed by atoms with Gasteiger partial charge in [-0.25, -0.2) is 9.67 Å². The molecule has 0 spiro atoms. The van der Waals surface area contributed by atoms with E-state index in [9.17, 15) is 5.11 Å². The van der Waals surface area contributed by atoms with Crippen LogP contribution >= 0.6 is 11.6 Å². The summed E-state index contributed by atoms with van der Waals surface area (Å²) >= 11 is 5.98. The van der Waals surface area contributed by atoms with Crippen molar-refractivity contribution in [3.05, 3.63) is 71.0 Å². The van der Waals surface area contributed by atoms with Crippen LogP contribution in [0.1, 0.15) is 23.6 Å². The fourth-order valence-electron chi connectivity index (χ4n) is 2.81. The van der Waals surface area contributed by atoms with Crippen LogP contribution in [0.5, 0.6) is 5.75 Å². The quantitative estimate of drug-likeness (QED) is 0.780. The number of aromatic hydroxyl groups is 1. The molecule has 0 amide bonds. The molecule has 2 aromatic carbocycles. The van der Waals surface area contributed by atoms with E-state index in [1.54, 1.807) is 16.8 Å². The first-order valence-electron chi connectivity index (χ1n) is 7.23. The van der Waals surface area contributed by atoms with E-state index in [1.807, 2.05) is 36.4 Å². The van der Waals surface area contributed by atoms with Crippen LogP contribution in [0.15, 0.2) is 59.9 Å². The molecule has 6 heteroatoms. The summed E-state index contributed by atoms with van der Waals surface area (Å²) in [6, 6.07) is 14.8. The maximum atomic E-state index is 10.1. The topological polar surface area (TPSA) is 63.3 Å². The molecule has 0 aliphatic carbocycles. The highest BCUT2D eigenvalue weighted by Gasteiger charge is 2.27. The summed E-state index contributed by atoms with van der Waals surface area (Å²) in [4.78, 5) is 8.76. The Hall–Kier alpha value is -2.66. The number of benzene rings is 2. The van der Waals surface area contributed by atoms with Crippen molar-refractivity contribution in [2.24, 2.45) is 4.99 Å². The second-order valence-electron chi connectivity index (χ2n) is 5.35. The smallest absolute Gasteiger partial charge is 0.248 e. The highest BCUT2D eigenvalue weighted by Crippen LogP contribution is 2.34. The fraction of sp³-hybridized carbons (Fsp3) is 0.118. The predicted octanol–water partition coefficient (Wildman–Crippen LogP) is 3.75. The third-order valence-corrected chi connectivity index (χ3v) is 4.19. The van der Waals surface area contributed by atoms with Gasteiger partial charge in [0.2, 0.25) is 5.95 Å². The lowest BCUT2D eigenvalue weighted by Gasteiger charge is -2.24. The van der Waals surface area contributed by atoms with Crippen molar-refractivity contribution in [3.63, 3.8) is 0 Å². The largest absolute Gasteiger partial charge is 0.507 e. The van der Waals surface area contributed by atoms with Crippen molar-refractivity contribution >= 4 is 23.3 Å². The second kappa shape index (κ2) is 5.52. The monoisotopic (exact) mass is 324 g/mol. The second-order valence-corrected chi connectivity index (χ2v) is 5.79. The number of hydrogen-bond acceptors (Lipinski definition) is 4. The Morgan fingerprint density at radius 2 is 1.87 bits per heavy atom. The van der Waals surface area contributed by atoms with Crippen molar-refractivity contribution in [1.82, 2.24) is 14.8 Å². The Balaban J connectivity index is 1.81. The number of nitrogens with zero attached hydrogens (tertiary/aromatic N) is 4. The van der Waals surface area contributed by atoms with Gasteiger partial charge in [0, 0.05) is 17.0 Å². The maximum Gasteiger partial charge on any atom is 0.248 e. The Bertz CT molecular complexity index is 886. The lowest BCUT2D eigenvalue weighted by Crippen LogP contribution is -2.21. The molecular weight excluding hydrogens is 312 g/mol. The molecule has 5 nitrogen and oxygen atoms in total. The van der Waals surface area contributed by atoms with Gasteiger partial charge in [0.05, 0.1) is 11.8 Å². The molecule has 23 heavy (non-hydrogen) atoms. The highest BCUT2D eigenvalue weighted by atomic mass is 35.5. The zero-order valence-corrected chi connectivity index (χ0v) is 12.9. The van der Waals surface area contributed by atoms with Gasteiger partial charge in [-0.1, -0.05) is 35.9 Å². The molecule has 4 rings (SSSR count). The Kier molecular flexibility index (Phi) is 3.35. The lowest BCUT2D eigenvalue weighted by atomic mass is 9.96. The Morgan fingerprint density at radius 1 is 1.09 bits per heavy atom. The fourth-order valence-corrected chi connectivity index (χ4v) is 2.94. The first-order valence-corrected chi connectivity index (χ1v) is 7.61. The van der Waals surface area contributed by atoms with Crippen LogP contribution in [0.3, 0.4) is 0 Å². The van der Waals surface area contributed by atoms with Crippen LogP contribution in [-0.2, 0) is 0 Å². The van der Waals surface area contributed by atoms with Gasteiger partial charge in [0.15, 0.2) is 0 Å². The third-order valence-electron chi connectivity index (χ3n) is 3.94. The normalized spacial score (nSPS) is 16.7. The molecule has 1 aliphatic heterocycles. The molecule has 1 aromatic heterocycles. The molecule has 0 unspecified atom stereocenters. The number of phenolic OH excluding ortho intramolecular Hbond substituents is 1. The van der Waals surface area contributed by atoms with Gasteiger partial charge in [-0.15, -0.1) is 0 Å². The summed E-state index contributed by atoms with van der Waals surface area (Å²) in [5.74, 6) is 0.753. The minimum atomic E-state index is -0.0307. The van der Waals surface area contributed by atoms with E-state index < -0.39 is 0 Å². The van der Waals surface area contributed by atoms with Crippen LogP contribution in [0.2, 0.25) is 5.02 Å². The molecule has 1 atom stereocenters. The van der Waals surface area contributed by atoms with Gasteiger partial charge >= 0.3 is 0 Å². The standard InChI is InChI=1S/C17H13ClN4O/c18-12-7-5-11(6-8-12)15-9-14(13-3-1-2-4-16(13)23)21-17-19-10-20-22(15)17/h1-8,10,15,23H,9H2/t15-/m0/s1. The van der Waals surface area contributed by atoms with Crippen molar-refractivity contribution in [3.8, 4) is 5.75 Å². The van der Waals surface area contributed by atoms with Crippen LogP contribution in [-0.4, -0.2) is 25.6 Å². The van der Waals surface area contributed by atoms with Crippen LogP contribution < -0.4 is 0 Å². The van der Waals surface area contributed by atoms with E-state index in [0.717, 1.165) is 16.8 Å². The molecule has 0 bridgehead atoms. The molecule has 2 heterocycles. The molecule has 114 valence electrons. The van der Waals surface area contributed by atoms with Crippen molar-refractivity contribution in [1.29, 1.82) is 0 Å². The molecule has 0 saturated carbocycles. The van der Waals surface area contributed by atoms with Crippen molar-refractivity contribution < 1.29 is 5.11 Å². The third kappa shape index (κ3) is 2.49. The van der Waals surface area contributed by atoms with E-state index in [1.165, 1.54) is 6.33 Å². The van der Waals surface area contributed by atoms with Crippen molar-refractivity contribution in [2.45, 2.75) is 12.5 Å². The average Bonchev–Trinajstić information content (AvgIpc) is 3.04. The molecular formula is C17H13ClN4O. The summed E-state index contributed by atoms with van der Waals surface area (Å²) in [7, 11) is 0. The van der Waals surface area contributed by atoms with Crippen molar-refractivity contribution in [2.75, 3.05) is 0 Å². The minimum absolute atomic E-state index is 0.0307. The lowest BCUT2D eigenvalue weighted by molar-refractivity contribution is 0.472. The number of halogens is 1. The van der Waals surface area contributed by atoms with Gasteiger partial charge in [-0.2, -0.15) is 10.1 Å². The molecule has 1 N–H and O–H groups in total. The van der Waals surface area contributed by atoms with E-state index in [0.29, 0.717) is 17.4 Å². The zero-order valence-electron chi connectivity index (χ0n) is 12.1. The number of aliphatic imine (C=N–C) groups is 1. The van der Waals surface area contributed by atoms with Gasteiger partial charge in [-0.3, -0.25) is 0 Å². The van der Waals surface area contributed by atoms with Gasteiger partial charge in [0.25, 0.3) is 0 Å². The summed E-state index contributed by atoms with van der Waals surface area (Å²) in [6.45, 7) is 0. The molecule has 0 saturated heterocycles. The van der Waals surface area contributed by atoms with E-state index in [-0.39, 0.29) is 11.8 Å². The number of rotatable bonds is 2. The first kappa shape index (κ1) is 14.0. The Labute approximate surface area is 137 Å². The molecule has 3 aromatic rings.